The summed E-state index contributed by atoms with van der Waals surface area (Å²) < 4.78 is 0. The summed E-state index contributed by atoms with van der Waals surface area (Å²) in [6.07, 6.45) is 5.85. The fourth-order valence-electron chi connectivity index (χ4n) is 1.71. The van der Waals surface area contributed by atoms with Crippen LogP contribution in [0.25, 0.3) is 0 Å². The van der Waals surface area contributed by atoms with E-state index in [1.807, 2.05) is 6.08 Å². The molecule has 1 aliphatic carbocycles. The Morgan fingerprint density at radius 2 is 2.08 bits per heavy atom. The molecule has 12 heavy (non-hydrogen) atoms. The van der Waals surface area contributed by atoms with Gasteiger partial charge in [0.2, 0.25) is 0 Å². The number of rotatable bonds is 4. The van der Waals surface area contributed by atoms with Crippen molar-refractivity contribution in [2.75, 3.05) is 0 Å². The average Bonchev–Trinajstić information content (AvgIpc) is 2.81. The topological polar surface area (TPSA) is 0 Å². The lowest BCUT2D eigenvalue weighted by molar-refractivity contribution is 0.897. The molecule has 0 N–H and O–H groups in total. The quantitative estimate of drug-likeness (QED) is 0.550. The Morgan fingerprint density at radius 1 is 1.50 bits per heavy atom. The van der Waals surface area contributed by atoms with Crippen molar-refractivity contribution in [3.63, 3.8) is 0 Å². The van der Waals surface area contributed by atoms with Crippen molar-refractivity contribution < 1.29 is 0 Å². The second-order valence-corrected chi connectivity index (χ2v) is 3.55. The monoisotopic (exact) mass is 162 g/mol. The van der Waals surface area contributed by atoms with Crippen LogP contribution >= 0.6 is 0 Å². The molecule has 0 radical (unpaired) electrons. The fraction of sp³-hybridized carbons (Fsp3) is 0.500. The molecule has 0 heteroatoms. The zero-order valence-corrected chi connectivity index (χ0v) is 8.19. The Kier molecular flexibility index (Phi) is 2.91. The standard InChI is InChI=1S/C12H18/c1-5-11(9(3)4)12(6-2)10-7-8-10/h5,10H,1,3,6-8H2,2,4H3/b12-11-. The zero-order chi connectivity index (χ0) is 9.14. The Hall–Kier alpha value is -0.780. The lowest BCUT2D eigenvalue weighted by atomic mass is 9.97. The molecule has 1 rings (SSSR count). The van der Waals surface area contributed by atoms with E-state index in [9.17, 15) is 0 Å². The van der Waals surface area contributed by atoms with Gasteiger partial charge in [-0.15, -0.1) is 0 Å². The van der Waals surface area contributed by atoms with Gasteiger partial charge in [0.05, 0.1) is 0 Å². The van der Waals surface area contributed by atoms with E-state index in [1.54, 1.807) is 5.57 Å². The van der Waals surface area contributed by atoms with Gasteiger partial charge in [0.15, 0.2) is 0 Å². The molecule has 0 amide bonds. The first-order chi connectivity index (χ1) is 5.70. The smallest absolute Gasteiger partial charge is 0.0194 e. The fourth-order valence-corrected chi connectivity index (χ4v) is 1.71. The predicted octanol–water partition coefficient (Wildman–Crippen LogP) is 3.87. The summed E-state index contributed by atoms with van der Waals surface area (Å²) >= 11 is 0. The lowest BCUT2D eigenvalue weighted by Gasteiger charge is -2.09. The molecule has 66 valence electrons. The highest BCUT2D eigenvalue weighted by Gasteiger charge is 2.26. The van der Waals surface area contributed by atoms with Gasteiger partial charge in [-0.1, -0.05) is 37.3 Å². The molecule has 1 aliphatic rings. The van der Waals surface area contributed by atoms with Crippen LogP contribution < -0.4 is 0 Å². The van der Waals surface area contributed by atoms with Crippen LogP contribution in [0.5, 0.6) is 0 Å². The minimum Gasteiger partial charge on any atom is -0.0985 e. The second kappa shape index (κ2) is 3.75. The first-order valence-corrected chi connectivity index (χ1v) is 4.72. The third kappa shape index (κ3) is 1.88. The van der Waals surface area contributed by atoms with E-state index >= 15 is 0 Å². The maximum absolute atomic E-state index is 3.98. The van der Waals surface area contributed by atoms with Gasteiger partial charge >= 0.3 is 0 Å². The van der Waals surface area contributed by atoms with E-state index in [-0.39, 0.29) is 0 Å². The maximum atomic E-state index is 3.98. The molecule has 0 aromatic rings. The van der Waals surface area contributed by atoms with Crippen LogP contribution in [0.1, 0.15) is 33.1 Å². The Balaban J connectivity index is 2.92. The molecule has 0 atom stereocenters. The van der Waals surface area contributed by atoms with Crippen molar-refractivity contribution in [3.05, 3.63) is 36.0 Å². The molecule has 0 nitrogen and oxygen atoms in total. The van der Waals surface area contributed by atoms with Crippen molar-refractivity contribution >= 4 is 0 Å². The molecule has 0 unspecified atom stereocenters. The molecule has 0 spiro atoms. The van der Waals surface area contributed by atoms with Crippen LogP contribution in [0.3, 0.4) is 0 Å². The van der Waals surface area contributed by atoms with E-state index in [0.29, 0.717) is 0 Å². The minimum atomic E-state index is 0.847. The number of hydrogen-bond donors (Lipinski definition) is 0. The SMILES string of the molecule is C=C/C(C(=C)C)=C(\CC)C1CC1. The van der Waals surface area contributed by atoms with Gasteiger partial charge in [-0.05, 0) is 37.7 Å². The van der Waals surface area contributed by atoms with Gasteiger partial charge in [0.1, 0.15) is 0 Å². The summed E-state index contributed by atoms with van der Waals surface area (Å²) in [6, 6.07) is 0. The second-order valence-electron chi connectivity index (χ2n) is 3.55. The first kappa shape index (κ1) is 9.31. The Morgan fingerprint density at radius 3 is 2.33 bits per heavy atom. The molecule has 1 saturated carbocycles. The Labute approximate surface area is 75.7 Å². The molecule has 0 heterocycles. The average molecular weight is 162 g/mol. The van der Waals surface area contributed by atoms with E-state index in [1.165, 1.54) is 18.4 Å². The Bertz CT molecular complexity index is 226. The van der Waals surface area contributed by atoms with E-state index in [2.05, 4.69) is 27.0 Å². The van der Waals surface area contributed by atoms with Crippen molar-refractivity contribution in [3.8, 4) is 0 Å². The van der Waals surface area contributed by atoms with Crippen molar-refractivity contribution in [2.24, 2.45) is 5.92 Å². The third-order valence-corrected chi connectivity index (χ3v) is 2.46. The van der Waals surface area contributed by atoms with Gasteiger partial charge in [0.25, 0.3) is 0 Å². The van der Waals surface area contributed by atoms with Crippen LogP contribution in [-0.4, -0.2) is 0 Å². The summed E-state index contributed by atoms with van der Waals surface area (Å²) in [7, 11) is 0. The molecular formula is C12H18. The third-order valence-electron chi connectivity index (χ3n) is 2.46. The molecule has 0 aliphatic heterocycles. The normalized spacial score (nSPS) is 18.5. The van der Waals surface area contributed by atoms with Crippen LogP contribution in [0.4, 0.5) is 0 Å². The van der Waals surface area contributed by atoms with Gasteiger partial charge in [-0.2, -0.15) is 0 Å². The maximum Gasteiger partial charge on any atom is -0.0194 e. The van der Waals surface area contributed by atoms with Crippen LogP contribution in [0.15, 0.2) is 36.0 Å². The highest BCUT2D eigenvalue weighted by Crippen LogP contribution is 2.40. The highest BCUT2D eigenvalue weighted by atomic mass is 14.3. The van der Waals surface area contributed by atoms with Crippen LogP contribution in [0, 0.1) is 5.92 Å². The van der Waals surface area contributed by atoms with Crippen LogP contribution in [0.2, 0.25) is 0 Å². The highest BCUT2D eigenvalue weighted by molar-refractivity contribution is 5.41. The summed E-state index contributed by atoms with van der Waals surface area (Å²) in [5.74, 6) is 0.847. The van der Waals surface area contributed by atoms with Gasteiger partial charge < -0.3 is 0 Å². The van der Waals surface area contributed by atoms with Crippen molar-refractivity contribution in [2.45, 2.75) is 33.1 Å². The molecule has 0 aromatic carbocycles. The molecular weight excluding hydrogens is 144 g/mol. The van der Waals surface area contributed by atoms with Gasteiger partial charge in [-0.3, -0.25) is 0 Å². The first-order valence-electron chi connectivity index (χ1n) is 4.72. The number of hydrogen-bond acceptors (Lipinski definition) is 0. The van der Waals surface area contributed by atoms with Gasteiger partial charge in [-0.25, -0.2) is 0 Å². The molecule has 1 fully saturated rings. The number of allylic oxidation sites excluding steroid dienone is 4. The summed E-state index contributed by atoms with van der Waals surface area (Å²) in [4.78, 5) is 0. The van der Waals surface area contributed by atoms with E-state index in [0.717, 1.165) is 17.9 Å². The van der Waals surface area contributed by atoms with Gasteiger partial charge in [0, 0.05) is 0 Å². The van der Waals surface area contributed by atoms with E-state index < -0.39 is 0 Å². The largest absolute Gasteiger partial charge is 0.0985 e. The zero-order valence-electron chi connectivity index (χ0n) is 8.19. The summed E-state index contributed by atoms with van der Waals surface area (Å²) in [5.41, 5.74) is 4.03. The lowest BCUT2D eigenvalue weighted by Crippen LogP contribution is -1.91. The molecule has 0 saturated heterocycles. The van der Waals surface area contributed by atoms with Crippen molar-refractivity contribution in [1.29, 1.82) is 0 Å². The molecule has 0 bridgehead atoms. The minimum absolute atomic E-state index is 0.847. The van der Waals surface area contributed by atoms with Crippen molar-refractivity contribution in [1.82, 2.24) is 0 Å². The summed E-state index contributed by atoms with van der Waals surface area (Å²) in [5, 5.41) is 0. The van der Waals surface area contributed by atoms with E-state index in [4.69, 9.17) is 0 Å². The molecule has 0 aromatic heterocycles. The van der Waals surface area contributed by atoms with Crippen LogP contribution in [-0.2, 0) is 0 Å². The predicted molar refractivity (Wildman–Crippen MR) is 55.1 cm³/mol. The summed E-state index contributed by atoms with van der Waals surface area (Å²) in [6.45, 7) is 12.1.